The summed E-state index contributed by atoms with van der Waals surface area (Å²) >= 11 is 0. The summed E-state index contributed by atoms with van der Waals surface area (Å²) in [6, 6.07) is 6.81. The van der Waals surface area contributed by atoms with E-state index in [0.29, 0.717) is 4.90 Å². The molecule has 0 heterocycles. The highest BCUT2D eigenvalue weighted by molar-refractivity contribution is 14.0. The van der Waals surface area contributed by atoms with Crippen molar-refractivity contribution in [3.05, 3.63) is 29.8 Å². The van der Waals surface area contributed by atoms with Crippen LogP contribution in [0.25, 0.3) is 0 Å². The van der Waals surface area contributed by atoms with E-state index in [1.54, 1.807) is 24.3 Å². The topological polar surface area (TPSA) is 34.1 Å². The van der Waals surface area contributed by atoms with Gasteiger partial charge in [-0.3, -0.25) is 0 Å². The molecule has 0 aromatic heterocycles. The molecule has 5 heteroatoms. The maximum Gasteiger partial charge on any atom is 0.175 e. The van der Waals surface area contributed by atoms with Crippen LogP contribution in [0.15, 0.2) is 29.2 Å². The smallest absolute Gasteiger partial charge is 0.175 e. The van der Waals surface area contributed by atoms with Crippen LogP contribution in [0.3, 0.4) is 0 Å². The fourth-order valence-corrected chi connectivity index (χ4v) is 1.42. The highest BCUT2D eigenvalue weighted by atomic mass is 127. The number of benzene rings is 1. The van der Waals surface area contributed by atoms with Crippen molar-refractivity contribution in [2.45, 2.75) is 11.8 Å². The summed E-state index contributed by atoms with van der Waals surface area (Å²) < 4.78 is 21.9. The number of hydrogen-bond donors (Lipinski definition) is 0. The number of sulfone groups is 1. The molecule has 2 nitrogen and oxygen atoms in total. The molecule has 0 aliphatic heterocycles. The Morgan fingerprint density at radius 3 is 1.69 bits per heavy atom. The number of hydrogen-bond acceptors (Lipinski definition) is 2. The second-order valence-corrected chi connectivity index (χ2v) is 4.60. The van der Waals surface area contributed by atoms with E-state index in [-0.39, 0.29) is 48.0 Å². The van der Waals surface area contributed by atoms with E-state index >= 15 is 0 Å². The third kappa shape index (κ3) is 5.16. The second kappa shape index (κ2) is 6.18. The zero-order valence-electron chi connectivity index (χ0n) is 7.35. The average molecular weight is 426 g/mol. The van der Waals surface area contributed by atoms with Gasteiger partial charge < -0.3 is 0 Å². The summed E-state index contributed by atoms with van der Waals surface area (Å²) in [6.07, 6.45) is 1.21. The Bertz CT molecular complexity index is 343. The Kier molecular flexibility index (Phi) is 7.64. The number of halogens is 2. The van der Waals surface area contributed by atoms with Crippen molar-refractivity contribution >= 4 is 57.8 Å². The van der Waals surface area contributed by atoms with Crippen LogP contribution in [-0.2, 0) is 9.84 Å². The van der Waals surface area contributed by atoms with Crippen molar-refractivity contribution in [1.82, 2.24) is 0 Å². The van der Waals surface area contributed by atoms with Crippen LogP contribution in [0, 0.1) is 6.92 Å². The van der Waals surface area contributed by atoms with Gasteiger partial charge in [0.2, 0.25) is 0 Å². The molecule has 0 saturated carbocycles. The predicted molar refractivity (Wildman–Crippen MR) is 75.1 cm³/mol. The van der Waals surface area contributed by atoms with Gasteiger partial charge in [0.25, 0.3) is 0 Å². The summed E-state index contributed by atoms with van der Waals surface area (Å²) in [5, 5.41) is 0. The quantitative estimate of drug-likeness (QED) is 0.648. The minimum atomic E-state index is -3.02. The summed E-state index contributed by atoms with van der Waals surface area (Å²) in [7, 11) is -3.02. The van der Waals surface area contributed by atoms with Gasteiger partial charge in [-0.05, 0) is 19.1 Å². The highest BCUT2D eigenvalue weighted by Gasteiger charge is 2.04. The standard InChI is InChI=1S/C8H10O2S.2HI/c1-7-3-5-8(6-4-7)11(2,9)10;;/h3-6H,1-2H3;2*1H. The van der Waals surface area contributed by atoms with Crippen molar-refractivity contribution < 1.29 is 8.42 Å². The Hall–Kier alpha value is 0.630. The van der Waals surface area contributed by atoms with Gasteiger partial charge in [-0.25, -0.2) is 8.42 Å². The molecule has 1 aromatic carbocycles. The predicted octanol–water partition coefficient (Wildman–Crippen LogP) is 2.63. The molecule has 1 rings (SSSR count). The lowest BCUT2D eigenvalue weighted by atomic mass is 10.2. The van der Waals surface area contributed by atoms with Gasteiger partial charge in [-0.15, -0.1) is 48.0 Å². The third-order valence-corrected chi connectivity index (χ3v) is 2.58. The van der Waals surface area contributed by atoms with E-state index in [4.69, 9.17) is 0 Å². The van der Waals surface area contributed by atoms with Gasteiger partial charge >= 0.3 is 0 Å². The normalized spacial score (nSPS) is 9.69. The first-order chi connectivity index (χ1) is 5.00. The van der Waals surface area contributed by atoms with E-state index in [2.05, 4.69) is 0 Å². The fourth-order valence-electron chi connectivity index (χ4n) is 0.785. The minimum absolute atomic E-state index is 0. The molecular formula is C8H12I2O2S. The Morgan fingerprint density at radius 1 is 1.00 bits per heavy atom. The molecule has 0 N–H and O–H groups in total. The fraction of sp³-hybridized carbons (Fsp3) is 0.250. The summed E-state index contributed by atoms with van der Waals surface area (Å²) in [4.78, 5) is 0.378. The van der Waals surface area contributed by atoms with Crippen molar-refractivity contribution in [3.63, 3.8) is 0 Å². The third-order valence-electron chi connectivity index (χ3n) is 1.45. The molecule has 0 aliphatic carbocycles. The number of aryl methyl sites for hydroxylation is 1. The summed E-state index contributed by atoms with van der Waals surface area (Å²) in [5.41, 5.74) is 1.07. The van der Waals surface area contributed by atoms with Gasteiger partial charge in [-0.1, -0.05) is 17.7 Å². The first-order valence-electron chi connectivity index (χ1n) is 3.27. The van der Waals surface area contributed by atoms with Gasteiger partial charge in [0.1, 0.15) is 0 Å². The molecule has 1 aromatic rings. The Morgan fingerprint density at radius 2 is 1.38 bits per heavy atom. The molecule has 0 atom stereocenters. The molecule has 0 spiro atoms. The van der Waals surface area contributed by atoms with E-state index < -0.39 is 9.84 Å². The maximum absolute atomic E-state index is 10.9. The number of rotatable bonds is 1. The molecule has 0 unspecified atom stereocenters. The maximum atomic E-state index is 10.9. The van der Waals surface area contributed by atoms with E-state index in [1.807, 2.05) is 6.92 Å². The first kappa shape index (κ1) is 16.1. The Balaban J connectivity index is 0. The molecular weight excluding hydrogens is 414 g/mol. The van der Waals surface area contributed by atoms with Crippen LogP contribution in [0.2, 0.25) is 0 Å². The van der Waals surface area contributed by atoms with Crippen molar-refractivity contribution in [1.29, 1.82) is 0 Å². The molecule has 0 aliphatic rings. The van der Waals surface area contributed by atoms with E-state index in [9.17, 15) is 8.42 Å². The lowest BCUT2D eigenvalue weighted by Crippen LogP contribution is -1.95. The van der Waals surface area contributed by atoms with Gasteiger partial charge in [0.15, 0.2) is 9.84 Å². The zero-order valence-corrected chi connectivity index (χ0v) is 12.8. The van der Waals surface area contributed by atoms with Crippen LogP contribution in [-0.4, -0.2) is 14.7 Å². The molecule has 76 valence electrons. The molecule has 0 amide bonds. The average Bonchev–Trinajstić information content (AvgIpc) is 1.86. The summed E-state index contributed by atoms with van der Waals surface area (Å²) in [5.74, 6) is 0. The van der Waals surface area contributed by atoms with Crippen LogP contribution < -0.4 is 0 Å². The van der Waals surface area contributed by atoms with Crippen molar-refractivity contribution in [2.24, 2.45) is 0 Å². The second-order valence-electron chi connectivity index (χ2n) is 2.59. The van der Waals surface area contributed by atoms with Crippen LogP contribution in [0.4, 0.5) is 0 Å². The van der Waals surface area contributed by atoms with Gasteiger partial charge in [0, 0.05) is 6.26 Å². The largest absolute Gasteiger partial charge is 0.224 e. The monoisotopic (exact) mass is 426 g/mol. The first-order valence-corrected chi connectivity index (χ1v) is 5.16. The van der Waals surface area contributed by atoms with Gasteiger partial charge in [-0.2, -0.15) is 0 Å². The molecule has 13 heavy (non-hydrogen) atoms. The zero-order chi connectivity index (χ0) is 8.48. The molecule has 0 radical (unpaired) electrons. The molecule has 0 bridgehead atoms. The van der Waals surface area contributed by atoms with Crippen molar-refractivity contribution in [2.75, 3.05) is 6.26 Å². The summed E-state index contributed by atoms with van der Waals surface area (Å²) in [6.45, 7) is 1.92. The lowest BCUT2D eigenvalue weighted by Gasteiger charge is -1.96. The Labute approximate surface area is 113 Å². The highest BCUT2D eigenvalue weighted by Crippen LogP contribution is 2.08. The minimum Gasteiger partial charge on any atom is -0.224 e. The van der Waals surface area contributed by atoms with E-state index in [1.165, 1.54) is 6.26 Å². The van der Waals surface area contributed by atoms with Crippen LogP contribution >= 0.6 is 48.0 Å². The molecule has 0 saturated heterocycles. The van der Waals surface area contributed by atoms with Crippen LogP contribution in [0.5, 0.6) is 0 Å². The molecule has 0 fully saturated rings. The van der Waals surface area contributed by atoms with Gasteiger partial charge in [0.05, 0.1) is 4.90 Å². The van der Waals surface area contributed by atoms with Crippen molar-refractivity contribution in [3.8, 4) is 0 Å². The SMILES string of the molecule is Cc1ccc(S(C)(=O)=O)cc1.I.I. The van der Waals surface area contributed by atoms with Crippen LogP contribution in [0.1, 0.15) is 5.56 Å². The van der Waals surface area contributed by atoms with E-state index in [0.717, 1.165) is 5.56 Å². The lowest BCUT2D eigenvalue weighted by molar-refractivity contribution is 0.602.